The molecule has 0 bridgehead atoms. The molecule has 0 aromatic heterocycles. The van der Waals surface area contributed by atoms with Gasteiger partial charge in [0.1, 0.15) is 0 Å². The first-order valence-electron chi connectivity index (χ1n) is 7.17. The summed E-state index contributed by atoms with van der Waals surface area (Å²) < 4.78 is 0. The van der Waals surface area contributed by atoms with Crippen LogP contribution in [0.15, 0.2) is 0 Å². The first-order chi connectivity index (χ1) is 8.18. The topological polar surface area (TPSA) is 40.5 Å². The molecule has 1 saturated heterocycles. The largest absolute Gasteiger partial charge is 0.393 e. The SMILES string of the molecule is CC(O)CC1CCCN1C(=O)C1CCCCC1. The zero-order valence-corrected chi connectivity index (χ0v) is 10.9. The molecule has 0 radical (unpaired) electrons. The molecule has 0 spiro atoms. The number of aliphatic hydroxyl groups is 1. The third-order valence-corrected chi connectivity index (χ3v) is 4.23. The Balaban J connectivity index is 1.92. The first-order valence-corrected chi connectivity index (χ1v) is 7.17. The first kappa shape index (κ1) is 12.9. The summed E-state index contributed by atoms with van der Waals surface area (Å²) in [6, 6.07) is 0.296. The Morgan fingerprint density at radius 3 is 2.59 bits per heavy atom. The van der Waals surface area contributed by atoms with Gasteiger partial charge in [-0.25, -0.2) is 0 Å². The van der Waals surface area contributed by atoms with Crippen LogP contribution in [0.2, 0.25) is 0 Å². The van der Waals surface area contributed by atoms with Gasteiger partial charge < -0.3 is 10.0 Å². The van der Waals surface area contributed by atoms with E-state index in [1.54, 1.807) is 0 Å². The minimum Gasteiger partial charge on any atom is -0.393 e. The van der Waals surface area contributed by atoms with Crippen molar-refractivity contribution < 1.29 is 9.90 Å². The molecule has 2 unspecified atom stereocenters. The van der Waals surface area contributed by atoms with Crippen molar-refractivity contribution in [3.63, 3.8) is 0 Å². The Kier molecular flexibility index (Phi) is 4.43. The third kappa shape index (κ3) is 3.21. The van der Waals surface area contributed by atoms with Crippen LogP contribution >= 0.6 is 0 Å². The van der Waals surface area contributed by atoms with Gasteiger partial charge in [0.05, 0.1) is 6.10 Å². The number of likely N-dealkylation sites (tertiary alicyclic amines) is 1. The summed E-state index contributed by atoms with van der Waals surface area (Å²) in [5.74, 6) is 0.645. The lowest BCUT2D eigenvalue weighted by Gasteiger charge is -2.31. The highest BCUT2D eigenvalue weighted by atomic mass is 16.3. The predicted octanol–water partition coefficient (Wildman–Crippen LogP) is 2.33. The molecule has 2 atom stereocenters. The van der Waals surface area contributed by atoms with Crippen LogP contribution in [0.4, 0.5) is 0 Å². The second-order valence-corrected chi connectivity index (χ2v) is 5.75. The van der Waals surface area contributed by atoms with E-state index in [0.29, 0.717) is 11.9 Å². The molecule has 0 aromatic carbocycles. The minimum absolute atomic E-state index is 0.276. The number of aliphatic hydroxyl groups excluding tert-OH is 1. The lowest BCUT2D eigenvalue weighted by molar-refractivity contribution is -0.137. The van der Waals surface area contributed by atoms with Crippen LogP contribution in [-0.2, 0) is 4.79 Å². The van der Waals surface area contributed by atoms with E-state index in [2.05, 4.69) is 4.90 Å². The van der Waals surface area contributed by atoms with Crippen molar-refractivity contribution in [2.24, 2.45) is 5.92 Å². The molecule has 1 heterocycles. The third-order valence-electron chi connectivity index (χ3n) is 4.23. The van der Waals surface area contributed by atoms with Gasteiger partial charge in [-0.3, -0.25) is 4.79 Å². The van der Waals surface area contributed by atoms with Crippen molar-refractivity contribution in [3.8, 4) is 0 Å². The lowest BCUT2D eigenvalue weighted by Crippen LogP contribution is -2.41. The maximum absolute atomic E-state index is 12.4. The van der Waals surface area contributed by atoms with Crippen LogP contribution in [0.3, 0.4) is 0 Å². The van der Waals surface area contributed by atoms with Gasteiger partial charge in [0.2, 0.25) is 5.91 Å². The standard InChI is InChI=1S/C14H25NO2/c1-11(16)10-13-8-5-9-15(13)14(17)12-6-3-2-4-7-12/h11-13,16H,2-10H2,1H3. The van der Waals surface area contributed by atoms with Crippen molar-refractivity contribution in [2.75, 3.05) is 6.54 Å². The summed E-state index contributed by atoms with van der Waals surface area (Å²) in [5, 5.41) is 9.48. The van der Waals surface area contributed by atoms with Gasteiger partial charge in [0, 0.05) is 18.5 Å². The van der Waals surface area contributed by atoms with E-state index in [1.807, 2.05) is 6.92 Å². The predicted molar refractivity (Wildman–Crippen MR) is 67.6 cm³/mol. The van der Waals surface area contributed by atoms with Crippen molar-refractivity contribution in [2.45, 2.75) is 70.4 Å². The average Bonchev–Trinajstić information content (AvgIpc) is 2.76. The van der Waals surface area contributed by atoms with E-state index in [4.69, 9.17) is 0 Å². The number of rotatable bonds is 3. The number of hydrogen-bond donors (Lipinski definition) is 1. The molecule has 1 saturated carbocycles. The Bertz CT molecular complexity index is 259. The van der Waals surface area contributed by atoms with Gasteiger partial charge in [-0.1, -0.05) is 19.3 Å². The molecule has 3 heteroatoms. The van der Waals surface area contributed by atoms with Gasteiger partial charge in [-0.15, -0.1) is 0 Å². The van der Waals surface area contributed by atoms with Crippen LogP contribution in [0.5, 0.6) is 0 Å². The van der Waals surface area contributed by atoms with Gasteiger partial charge in [-0.2, -0.15) is 0 Å². The fourth-order valence-electron chi connectivity index (χ4n) is 3.35. The lowest BCUT2D eigenvalue weighted by atomic mass is 9.88. The maximum Gasteiger partial charge on any atom is 0.225 e. The monoisotopic (exact) mass is 239 g/mol. The Labute approximate surface area is 104 Å². The number of amides is 1. The van der Waals surface area contributed by atoms with Gasteiger partial charge in [0.25, 0.3) is 0 Å². The van der Waals surface area contributed by atoms with E-state index in [0.717, 1.165) is 38.6 Å². The molecule has 1 aliphatic heterocycles. The van der Waals surface area contributed by atoms with Crippen molar-refractivity contribution in [1.29, 1.82) is 0 Å². The van der Waals surface area contributed by atoms with Crippen LogP contribution in [-0.4, -0.2) is 34.6 Å². The molecule has 17 heavy (non-hydrogen) atoms. The molecular formula is C14H25NO2. The Hall–Kier alpha value is -0.570. The number of carbonyl (C=O) groups excluding carboxylic acids is 1. The maximum atomic E-state index is 12.4. The fourth-order valence-corrected chi connectivity index (χ4v) is 3.35. The van der Waals surface area contributed by atoms with E-state index in [1.165, 1.54) is 19.3 Å². The van der Waals surface area contributed by atoms with E-state index in [-0.39, 0.29) is 12.0 Å². The second kappa shape index (κ2) is 5.85. The fraction of sp³-hybridized carbons (Fsp3) is 0.929. The van der Waals surface area contributed by atoms with Crippen molar-refractivity contribution in [3.05, 3.63) is 0 Å². The Morgan fingerprint density at radius 1 is 1.24 bits per heavy atom. The molecule has 2 rings (SSSR count). The van der Waals surface area contributed by atoms with Gasteiger partial charge in [0.15, 0.2) is 0 Å². The number of nitrogens with zero attached hydrogens (tertiary/aromatic N) is 1. The molecule has 0 aromatic rings. The van der Waals surface area contributed by atoms with Crippen LogP contribution < -0.4 is 0 Å². The van der Waals surface area contributed by atoms with Crippen molar-refractivity contribution >= 4 is 5.91 Å². The number of carbonyl (C=O) groups is 1. The highest BCUT2D eigenvalue weighted by Crippen LogP contribution is 2.29. The quantitative estimate of drug-likeness (QED) is 0.821. The normalized spacial score (nSPS) is 28.4. The molecule has 98 valence electrons. The summed E-state index contributed by atoms with van der Waals surface area (Å²) in [5.41, 5.74) is 0. The van der Waals surface area contributed by atoms with E-state index < -0.39 is 0 Å². The number of hydrogen-bond acceptors (Lipinski definition) is 2. The molecule has 1 aliphatic carbocycles. The van der Waals surface area contributed by atoms with Gasteiger partial charge in [-0.05, 0) is 39.0 Å². The summed E-state index contributed by atoms with van der Waals surface area (Å²) in [6.07, 6.45) is 8.52. The molecular weight excluding hydrogens is 214 g/mol. The average molecular weight is 239 g/mol. The second-order valence-electron chi connectivity index (χ2n) is 5.75. The zero-order valence-electron chi connectivity index (χ0n) is 10.9. The Morgan fingerprint density at radius 2 is 1.94 bits per heavy atom. The zero-order chi connectivity index (χ0) is 12.3. The highest BCUT2D eigenvalue weighted by molar-refractivity contribution is 5.79. The van der Waals surface area contributed by atoms with Crippen LogP contribution in [0, 0.1) is 5.92 Å². The summed E-state index contributed by atoms with van der Waals surface area (Å²) in [7, 11) is 0. The molecule has 2 aliphatic rings. The molecule has 1 amide bonds. The molecule has 3 nitrogen and oxygen atoms in total. The van der Waals surface area contributed by atoms with Crippen LogP contribution in [0.25, 0.3) is 0 Å². The van der Waals surface area contributed by atoms with E-state index in [9.17, 15) is 9.90 Å². The van der Waals surface area contributed by atoms with Crippen LogP contribution in [0.1, 0.15) is 58.3 Å². The van der Waals surface area contributed by atoms with Crippen molar-refractivity contribution in [1.82, 2.24) is 4.90 Å². The summed E-state index contributed by atoms with van der Waals surface area (Å²) in [4.78, 5) is 14.5. The molecule has 2 fully saturated rings. The molecule has 1 N–H and O–H groups in total. The smallest absolute Gasteiger partial charge is 0.225 e. The summed E-state index contributed by atoms with van der Waals surface area (Å²) >= 11 is 0. The van der Waals surface area contributed by atoms with E-state index >= 15 is 0 Å². The highest BCUT2D eigenvalue weighted by Gasteiger charge is 2.33. The van der Waals surface area contributed by atoms with Gasteiger partial charge >= 0.3 is 0 Å². The summed E-state index contributed by atoms with van der Waals surface area (Å²) in [6.45, 7) is 2.73. The minimum atomic E-state index is -0.292.